The van der Waals surface area contributed by atoms with Gasteiger partial charge in [-0.2, -0.15) is 0 Å². The van der Waals surface area contributed by atoms with Crippen LogP contribution in [0.3, 0.4) is 0 Å². The number of hydrogen-bond acceptors (Lipinski definition) is 4. The molecule has 0 aliphatic heterocycles. The smallest absolute Gasteiger partial charge is 0.339 e. The summed E-state index contributed by atoms with van der Waals surface area (Å²) in [5.74, 6) is -0.643. The van der Waals surface area contributed by atoms with Crippen LogP contribution in [0.25, 0.3) is 6.08 Å². The van der Waals surface area contributed by atoms with Gasteiger partial charge in [0.15, 0.2) is 0 Å². The van der Waals surface area contributed by atoms with Crippen LogP contribution in [0.5, 0.6) is 0 Å². The van der Waals surface area contributed by atoms with E-state index in [-0.39, 0.29) is 16.3 Å². The minimum Gasteiger partial charge on any atom is -0.465 e. The number of carbonyl (C=O) groups excluding carboxylic acids is 1. The molecule has 1 N–H and O–H groups in total. The molecule has 2 aromatic carbocycles. The molecule has 5 nitrogen and oxygen atoms in total. The summed E-state index contributed by atoms with van der Waals surface area (Å²) in [6, 6.07) is 13.2. The first kappa shape index (κ1) is 17.1. The Morgan fingerprint density at radius 1 is 1.17 bits per heavy atom. The third kappa shape index (κ3) is 4.84. The molecule has 2 aromatic rings. The van der Waals surface area contributed by atoms with E-state index in [1.165, 1.54) is 31.4 Å². The van der Waals surface area contributed by atoms with E-state index in [4.69, 9.17) is 11.6 Å². The number of methoxy groups -OCH3 is 1. The van der Waals surface area contributed by atoms with Crippen LogP contribution in [0.2, 0.25) is 5.02 Å². The molecule has 0 saturated carbocycles. The van der Waals surface area contributed by atoms with E-state index in [9.17, 15) is 13.2 Å². The van der Waals surface area contributed by atoms with Gasteiger partial charge >= 0.3 is 5.97 Å². The number of halogens is 1. The number of hydrogen-bond donors (Lipinski definition) is 1. The van der Waals surface area contributed by atoms with E-state index >= 15 is 0 Å². The van der Waals surface area contributed by atoms with Crippen LogP contribution < -0.4 is 4.72 Å². The molecule has 0 unspecified atom stereocenters. The topological polar surface area (TPSA) is 72.5 Å². The van der Waals surface area contributed by atoms with Crippen LogP contribution in [0, 0.1) is 0 Å². The van der Waals surface area contributed by atoms with E-state index in [1.54, 1.807) is 12.1 Å². The van der Waals surface area contributed by atoms with Crippen LogP contribution >= 0.6 is 11.6 Å². The van der Waals surface area contributed by atoms with E-state index in [2.05, 4.69) is 9.46 Å². The zero-order chi connectivity index (χ0) is 16.9. The summed E-state index contributed by atoms with van der Waals surface area (Å²) in [6.45, 7) is 0. The Hall–Kier alpha value is -2.31. The van der Waals surface area contributed by atoms with Crippen LogP contribution in [-0.4, -0.2) is 21.5 Å². The van der Waals surface area contributed by atoms with Gasteiger partial charge in [-0.05, 0) is 29.8 Å². The molecule has 0 fully saturated rings. The lowest BCUT2D eigenvalue weighted by Crippen LogP contribution is -2.10. The lowest BCUT2D eigenvalue weighted by atomic mass is 10.2. The normalized spacial score (nSPS) is 11.4. The van der Waals surface area contributed by atoms with Gasteiger partial charge in [-0.3, -0.25) is 4.72 Å². The van der Waals surface area contributed by atoms with Crippen molar-refractivity contribution in [2.75, 3.05) is 11.8 Å². The molecule has 0 radical (unpaired) electrons. The molecular weight excluding hydrogens is 338 g/mol. The van der Waals surface area contributed by atoms with Crippen LogP contribution in [0.4, 0.5) is 5.69 Å². The zero-order valence-corrected chi connectivity index (χ0v) is 13.8. The van der Waals surface area contributed by atoms with Crippen molar-refractivity contribution >= 4 is 39.4 Å². The number of nitrogens with one attached hydrogen (secondary N) is 1. The lowest BCUT2D eigenvalue weighted by molar-refractivity contribution is 0.0601. The predicted molar refractivity (Wildman–Crippen MR) is 90.8 cm³/mol. The molecular formula is C16H14ClNO4S. The maximum absolute atomic E-state index is 12.1. The summed E-state index contributed by atoms with van der Waals surface area (Å²) in [6.07, 6.45) is 1.47. The first-order valence-electron chi connectivity index (χ1n) is 6.55. The monoisotopic (exact) mass is 351 g/mol. The van der Waals surface area contributed by atoms with Gasteiger partial charge in [-0.1, -0.05) is 41.9 Å². The molecule has 0 aliphatic carbocycles. The Kier molecular flexibility index (Phi) is 5.41. The Labute approximate surface area is 139 Å². The number of esters is 1. The summed E-state index contributed by atoms with van der Waals surface area (Å²) < 4.78 is 31.1. The number of rotatable bonds is 5. The van der Waals surface area contributed by atoms with Gasteiger partial charge in [0.1, 0.15) is 0 Å². The lowest BCUT2D eigenvalue weighted by Gasteiger charge is -2.07. The highest BCUT2D eigenvalue weighted by Crippen LogP contribution is 2.22. The van der Waals surface area contributed by atoms with E-state index < -0.39 is 16.0 Å². The minimum atomic E-state index is -3.72. The van der Waals surface area contributed by atoms with E-state index in [0.29, 0.717) is 0 Å². The second kappa shape index (κ2) is 7.30. The fourth-order valence-corrected chi connectivity index (χ4v) is 2.84. The molecule has 0 aliphatic rings. The van der Waals surface area contributed by atoms with E-state index in [0.717, 1.165) is 11.0 Å². The molecule has 0 atom stereocenters. The van der Waals surface area contributed by atoms with Gasteiger partial charge in [-0.15, -0.1) is 0 Å². The fraction of sp³-hybridized carbons (Fsp3) is 0.0625. The molecule has 0 spiro atoms. The average molecular weight is 352 g/mol. The largest absolute Gasteiger partial charge is 0.465 e. The van der Waals surface area contributed by atoms with Gasteiger partial charge in [0.2, 0.25) is 0 Å². The number of ether oxygens (including phenoxy) is 1. The Bertz CT molecular complexity index is 832. The number of sulfonamides is 1. The van der Waals surface area contributed by atoms with Crippen molar-refractivity contribution in [3.8, 4) is 0 Å². The van der Waals surface area contributed by atoms with Crippen molar-refractivity contribution in [2.24, 2.45) is 0 Å². The van der Waals surface area contributed by atoms with Crippen molar-refractivity contribution in [2.45, 2.75) is 0 Å². The number of anilines is 1. The molecule has 2 rings (SSSR count). The van der Waals surface area contributed by atoms with Crippen LogP contribution in [0.15, 0.2) is 53.9 Å². The second-order valence-electron chi connectivity index (χ2n) is 4.55. The highest BCUT2D eigenvalue weighted by atomic mass is 35.5. The van der Waals surface area contributed by atoms with Gasteiger partial charge in [0, 0.05) is 5.69 Å². The maximum atomic E-state index is 12.1. The summed E-state index contributed by atoms with van der Waals surface area (Å²) in [5.41, 5.74) is 1.05. The van der Waals surface area contributed by atoms with Crippen molar-refractivity contribution in [3.05, 3.63) is 70.1 Å². The number of benzene rings is 2. The van der Waals surface area contributed by atoms with Crippen LogP contribution in [0.1, 0.15) is 15.9 Å². The van der Waals surface area contributed by atoms with Gasteiger partial charge < -0.3 is 4.74 Å². The van der Waals surface area contributed by atoms with Crippen LogP contribution in [-0.2, 0) is 14.8 Å². The summed E-state index contributed by atoms with van der Waals surface area (Å²) in [7, 11) is -2.50. The number of carbonyl (C=O) groups is 1. The Morgan fingerprint density at radius 2 is 1.87 bits per heavy atom. The van der Waals surface area contributed by atoms with Gasteiger partial charge in [-0.25, -0.2) is 13.2 Å². The molecule has 7 heteroatoms. The summed E-state index contributed by atoms with van der Waals surface area (Å²) >= 11 is 5.89. The highest BCUT2D eigenvalue weighted by Gasteiger charge is 2.13. The molecule has 0 aromatic heterocycles. The van der Waals surface area contributed by atoms with Crippen molar-refractivity contribution in [1.29, 1.82) is 0 Å². The van der Waals surface area contributed by atoms with Crippen molar-refractivity contribution in [1.82, 2.24) is 0 Å². The highest BCUT2D eigenvalue weighted by molar-refractivity contribution is 7.95. The van der Waals surface area contributed by atoms with Crippen molar-refractivity contribution < 1.29 is 17.9 Å². The third-order valence-electron chi connectivity index (χ3n) is 2.87. The maximum Gasteiger partial charge on any atom is 0.339 e. The van der Waals surface area contributed by atoms with Crippen molar-refractivity contribution in [3.63, 3.8) is 0 Å². The Balaban J connectivity index is 2.21. The standard InChI is InChI=1S/C16H14ClNO4S/c1-22-16(19)14-11-13(7-8-15(14)17)18-23(20,21)10-9-12-5-3-2-4-6-12/h2-11,18H,1H3/b10-9+. The second-order valence-corrected chi connectivity index (χ2v) is 6.52. The van der Waals surface area contributed by atoms with E-state index in [1.807, 2.05) is 18.2 Å². The quantitative estimate of drug-likeness (QED) is 0.836. The molecule has 0 amide bonds. The molecule has 0 heterocycles. The SMILES string of the molecule is COC(=O)c1cc(NS(=O)(=O)/C=C/c2ccccc2)ccc1Cl. The zero-order valence-electron chi connectivity index (χ0n) is 12.2. The van der Waals surface area contributed by atoms with Gasteiger partial charge in [0.05, 0.1) is 23.1 Å². The predicted octanol–water partition coefficient (Wildman–Crippen LogP) is 3.54. The molecule has 23 heavy (non-hydrogen) atoms. The first-order valence-corrected chi connectivity index (χ1v) is 8.47. The fourth-order valence-electron chi connectivity index (χ4n) is 1.79. The minimum absolute atomic E-state index is 0.0846. The molecule has 0 bridgehead atoms. The first-order chi connectivity index (χ1) is 10.9. The molecule has 0 saturated heterocycles. The Morgan fingerprint density at radius 3 is 2.52 bits per heavy atom. The molecule has 120 valence electrons. The summed E-state index contributed by atoms with van der Waals surface area (Å²) in [5, 5.41) is 1.23. The third-order valence-corrected chi connectivity index (χ3v) is 4.22. The summed E-state index contributed by atoms with van der Waals surface area (Å²) in [4.78, 5) is 11.6. The average Bonchev–Trinajstić information content (AvgIpc) is 2.55. The van der Waals surface area contributed by atoms with Gasteiger partial charge in [0.25, 0.3) is 10.0 Å².